The first kappa shape index (κ1) is 16.1. The molecule has 0 fully saturated rings. The lowest BCUT2D eigenvalue weighted by Crippen LogP contribution is -2.00. The first-order valence-electron chi connectivity index (χ1n) is 5.90. The number of hydrogen-bond acceptors (Lipinski definition) is 3. The van der Waals surface area contributed by atoms with Crippen LogP contribution in [0, 0.1) is 0 Å². The number of allylic oxidation sites excluding steroid dienone is 8. The van der Waals surface area contributed by atoms with E-state index in [2.05, 4.69) is 65.0 Å². The molecule has 3 nitrogen and oxygen atoms in total. The molecule has 0 amide bonds. The Morgan fingerprint density at radius 3 is 1.78 bits per heavy atom. The van der Waals surface area contributed by atoms with Gasteiger partial charge in [-0.15, -0.1) is 0 Å². The van der Waals surface area contributed by atoms with Crippen molar-refractivity contribution in [1.29, 1.82) is 0 Å². The summed E-state index contributed by atoms with van der Waals surface area (Å²) in [6.45, 7) is 5.24. The van der Waals surface area contributed by atoms with Crippen LogP contribution >= 0.6 is 0 Å². The zero-order chi connectivity index (χ0) is 13.5. The molecular weight excluding hydrogens is 228 g/mol. The van der Waals surface area contributed by atoms with Crippen molar-refractivity contribution in [3.8, 4) is 0 Å². The van der Waals surface area contributed by atoms with Crippen molar-refractivity contribution < 1.29 is 14.6 Å². The minimum Gasteiger partial charge on any atom is -0.294 e. The summed E-state index contributed by atoms with van der Waals surface area (Å²) in [4.78, 5) is 18.5. The minimum absolute atomic E-state index is 0.361. The van der Waals surface area contributed by atoms with Crippen molar-refractivity contribution >= 4 is 5.97 Å². The monoisotopic (exact) mass is 248 g/mol. The summed E-state index contributed by atoms with van der Waals surface area (Å²) >= 11 is 0. The summed E-state index contributed by atoms with van der Waals surface area (Å²) in [6, 6.07) is 0. The zero-order valence-electron chi connectivity index (χ0n) is 10.7. The fraction of sp³-hybridized carbons (Fsp3) is 0.267. The van der Waals surface area contributed by atoms with E-state index in [4.69, 9.17) is 0 Å². The molecule has 0 aromatic carbocycles. The van der Waals surface area contributed by atoms with E-state index in [1.807, 2.05) is 0 Å². The predicted octanol–water partition coefficient (Wildman–Crippen LogP) is 3.67. The molecule has 0 saturated carbocycles. The summed E-state index contributed by atoms with van der Waals surface area (Å²) in [7, 11) is 0. The van der Waals surface area contributed by atoms with Gasteiger partial charge in [-0.2, -0.15) is 4.89 Å². The quantitative estimate of drug-likeness (QED) is 0.434. The molecule has 0 radical (unpaired) electrons. The standard InChI is InChI=1S/C5H8O3.2C5H6/c1-3-5(6)8-7-4-2;2*1-2-4-5-3-1/h3H,1,4H2,2H3;2*1-4H,5H2. The van der Waals surface area contributed by atoms with E-state index in [-0.39, 0.29) is 0 Å². The van der Waals surface area contributed by atoms with Crippen LogP contribution in [0.2, 0.25) is 0 Å². The highest BCUT2D eigenvalue weighted by Crippen LogP contribution is 1.93. The molecule has 2 aliphatic rings. The normalized spacial score (nSPS) is 13.4. The first-order valence-corrected chi connectivity index (χ1v) is 5.90. The van der Waals surface area contributed by atoms with Crippen LogP contribution < -0.4 is 0 Å². The van der Waals surface area contributed by atoms with E-state index >= 15 is 0 Å². The summed E-state index contributed by atoms with van der Waals surface area (Å²) in [5.74, 6) is -0.563. The van der Waals surface area contributed by atoms with Crippen LogP contribution in [0.1, 0.15) is 19.8 Å². The van der Waals surface area contributed by atoms with E-state index in [0.717, 1.165) is 18.9 Å². The Kier molecular flexibility index (Phi) is 11.8. The molecule has 3 heteroatoms. The van der Waals surface area contributed by atoms with Gasteiger partial charge in [0.25, 0.3) is 0 Å². The van der Waals surface area contributed by atoms with E-state index in [1.54, 1.807) is 6.92 Å². The van der Waals surface area contributed by atoms with Crippen molar-refractivity contribution in [2.45, 2.75) is 19.8 Å². The molecule has 0 aromatic rings. The van der Waals surface area contributed by atoms with Crippen molar-refractivity contribution in [1.82, 2.24) is 0 Å². The van der Waals surface area contributed by atoms with Gasteiger partial charge in [0.1, 0.15) is 0 Å². The molecule has 18 heavy (non-hydrogen) atoms. The van der Waals surface area contributed by atoms with Gasteiger partial charge >= 0.3 is 5.97 Å². The third kappa shape index (κ3) is 12.2. The molecule has 0 unspecified atom stereocenters. The molecule has 2 rings (SSSR count). The van der Waals surface area contributed by atoms with Gasteiger partial charge in [0.05, 0.1) is 6.61 Å². The molecule has 0 spiro atoms. The van der Waals surface area contributed by atoms with Crippen LogP contribution in [-0.2, 0) is 14.6 Å². The number of carbonyl (C=O) groups is 1. The lowest BCUT2D eigenvalue weighted by atomic mass is 10.5. The van der Waals surface area contributed by atoms with Crippen LogP contribution in [0.4, 0.5) is 0 Å². The van der Waals surface area contributed by atoms with Gasteiger partial charge < -0.3 is 0 Å². The second kappa shape index (κ2) is 13.2. The Morgan fingerprint density at radius 2 is 1.56 bits per heavy atom. The van der Waals surface area contributed by atoms with Crippen LogP contribution in [0.15, 0.2) is 61.3 Å². The van der Waals surface area contributed by atoms with Crippen LogP contribution in [0.25, 0.3) is 0 Å². The first-order chi connectivity index (χ1) is 8.81. The predicted molar refractivity (Wildman–Crippen MR) is 73.7 cm³/mol. The Bertz CT molecular complexity index is 294. The Morgan fingerprint density at radius 1 is 1.11 bits per heavy atom. The Labute approximate surface area is 109 Å². The van der Waals surface area contributed by atoms with Crippen LogP contribution in [-0.4, -0.2) is 12.6 Å². The second-order valence-electron chi connectivity index (χ2n) is 3.20. The van der Waals surface area contributed by atoms with E-state index < -0.39 is 5.97 Å². The minimum atomic E-state index is -0.563. The van der Waals surface area contributed by atoms with Gasteiger partial charge in [-0.3, -0.25) is 4.89 Å². The van der Waals surface area contributed by atoms with Crippen molar-refractivity contribution in [2.75, 3.05) is 6.61 Å². The van der Waals surface area contributed by atoms with Crippen LogP contribution in [0.3, 0.4) is 0 Å². The molecule has 0 aliphatic heterocycles. The summed E-state index contributed by atoms with van der Waals surface area (Å²) in [5.41, 5.74) is 0. The fourth-order valence-electron chi connectivity index (χ4n) is 0.937. The van der Waals surface area contributed by atoms with Gasteiger partial charge in [0, 0.05) is 6.08 Å². The average Bonchev–Trinajstić information content (AvgIpc) is 3.12. The van der Waals surface area contributed by atoms with Crippen molar-refractivity contribution in [2.24, 2.45) is 0 Å². The number of hydrogen-bond donors (Lipinski definition) is 0. The van der Waals surface area contributed by atoms with Crippen LogP contribution in [0.5, 0.6) is 0 Å². The van der Waals surface area contributed by atoms with Crippen molar-refractivity contribution in [3.05, 3.63) is 61.3 Å². The molecule has 2 aliphatic carbocycles. The maximum absolute atomic E-state index is 10.1. The van der Waals surface area contributed by atoms with Gasteiger partial charge in [-0.25, -0.2) is 4.79 Å². The lowest BCUT2D eigenvalue weighted by Gasteiger charge is -1.93. The molecule has 0 N–H and O–H groups in total. The Balaban J connectivity index is 0.000000250. The molecular formula is C15H20O3. The molecule has 98 valence electrons. The molecule has 0 saturated heterocycles. The highest BCUT2D eigenvalue weighted by atomic mass is 17.2. The van der Waals surface area contributed by atoms with Gasteiger partial charge in [0.2, 0.25) is 0 Å². The zero-order valence-corrected chi connectivity index (χ0v) is 10.7. The summed E-state index contributed by atoms with van der Waals surface area (Å²) < 4.78 is 0. The maximum Gasteiger partial charge on any atom is 0.365 e. The third-order valence-corrected chi connectivity index (χ3v) is 1.74. The number of carbonyl (C=O) groups excluding carboxylic acids is 1. The second-order valence-corrected chi connectivity index (χ2v) is 3.20. The Hall–Kier alpha value is -1.87. The van der Waals surface area contributed by atoms with Gasteiger partial charge in [0.15, 0.2) is 0 Å². The highest BCUT2D eigenvalue weighted by molar-refractivity contribution is 5.80. The molecule has 0 bridgehead atoms. The summed E-state index contributed by atoms with van der Waals surface area (Å²) in [5, 5.41) is 0. The van der Waals surface area contributed by atoms with Crippen molar-refractivity contribution in [3.63, 3.8) is 0 Å². The SMILES string of the molecule is C1=CCC=C1.C1=CCC=C1.C=CC(=O)OOCC. The van der Waals surface area contributed by atoms with Gasteiger partial charge in [-0.1, -0.05) is 55.2 Å². The van der Waals surface area contributed by atoms with E-state index in [1.165, 1.54) is 0 Å². The third-order valence-electron chi connectivity index (χ3n) is 1.74. The van der Waals surface area contributed by atoms with E-state index in [0.29, 0.717) is 6.61 Å². The lowest BCUT2D eigenvalue weighted by molar-refractivity contribution is -0.264. The average molecular weight is 248 g/mol. The maximum atomic E-state index is 10.1. The summed E-state index contributed by atoms with van der Waals surface area (Å²) in [6.07, 6.45) is 20.0. The smallest absolute Gasteiger partial charge is 0.294 e. The topological polar surface area (TPSA) is 35.5 Å². The van der Waals surface area contributed by atoms with Gasteiger partial charge in [-0.05, 0) is 19.8 Å². The number of rotatable bonds is 3. The molecule has 0 aromatic heterocycles. The highest BCUT2D eigenvalue weighted by Gasteiger charge is 1.91. The molecule has 0 heterocycles. The van der Waals surface area contributed by atoms with E-state index in [9.17, 15) is 4.79 Å². The molecule has 0 atom stereocenters. The fourth-order valence-corrected chi connectivity index (χ4v) is 0.937. The largest absolute Gasteiger partial charge is 0.365 e.